The molecule has 9 heteroatoms. The van der Waals surface area contributed by atoms with Gasteiger partial charge in [-0.25, -0.2) is 4.98 Å². The fourth-order valence-electron chi connectivity index (χ4n) is 3.64. The molecule has 1 aromatic carbocycles. The largest absolute Gasteiger partial charge is 0.378 e. The van der Waals surface area contributed by atoms with Gasteiger partial charge in [-0.3, -0.25) is 9.20 Å². The Morgan fingerprint density at radius 3 is 2.74 bits per heavy atom. The molecule has 0 unspecified atom stereocenters. The van der Waals surface area contributed by atoms with Crippen molar-refractivity contribution in [1.82, 2.24) is 19.5 Å². The molecule has 4 aromatic rings. The number of morpholine rings is 1. The first-order valence-corrected chi connectivity index (χ1v) is 10.1. The highest BCUT2D eigenvalue weighted by Crippen LogP contribution is 2.25. The number of pyridine rings is 1. The van der Waals surface area contributed by atoms with Crippen molar-refractivity contribution in [2.24, 2.45) is 0 Å². The number of aromatic nitrogens is 4. The molecule has 0 atom stereocenters. The van der Waals surface area contributed by atoms with Crippen LogP contribution in [-0.2, 0) is 4.74 Å². The van der Waals surface area contributed by atoms with Crippen LogP contribution in [0.1, 0.15) is 21.9 Å². The number of nitrogens with zero attached hydrogens (tertiary/aromatic N) is 5. The van der Waals surface area contributed by atoms with Gasteiger partial charge in [0, 0.05) is 37.5 Å². The monoisotopic (exact) mass is 418 g/mol. The molecule has 0 spiro atoms. The van der Waals surface area contributed by atoms with Crippen LogP contribution >= 0.6 is 0 Å². The van der Waals surface area contributed by atoms with Gasteiger partial charge in [0.15, 0.2) is 0 Å². The predicted molar refractivity (Wildman–Crippen MR) is 115 cm³/mol. The molecular weight excluding hydrogens is 396 g/mol. The third-order valence-corrected chi connectivity index (χ3v) is 5.37. The van der Waals surface area contributed by atoms with Gasteiger partial charge < -0.3 is 19.5 Å². The van der Waals surface area contributed by atoms with E-state index >= 15 is 0 Å². The first-order valence-electron chi connectivity index (χ1n) is 10.1. The average Bonchev–Trinajstić information content (AvgIpc) is 3.41. The Morgan fingerprint density at radius 1 is 1.13 bits per heavy atom. The summed E-state index contributed by atoms with van der Waals surface area (Å²) >= 11 is 0. The molecule has 1 fully saturated rings. The van der Waals surface area contributed by atoms with E-state index < -0.39 is 0 Å². The quantitative estimate of drug-likeness (QED) is 0.544. The van der Waals surface area contributed by atoms with Gasteiger partial charge >= 0.3 is 0 Å². The van der Waals surface area contributed by atoms with E-state index in [-0.39, 0.29) is 5.91 Å². The third kappa shape index (κ3) is 3.75. The fourth-order valence-corrected chi connectivity index (χ4v) is 3.64. The highest BCUT2D eigenvalue weighted by molar-refractivity contribution is 6.04. The SMILES string of the molecule is Cc1nc(-c2ccc(C)c(NC(=O)c3cnc4ccc(N5CCOCC5)cn34)c2)no1. The molecule has 0 radical (unpaired) electrons. The van der Waals surface area contributed by atoms with Crippen molar-refractivity contribution in [2.75, 3.05) is 36.5 Å². The number of benzene rings is 1. The molecule has 0 bridgehead atoms. The second kappa shape index (κ2) is 7.84. The number of amides is 1. The second-order valence-corrected chi connectivity index (χ2v) is 7.48. The Labute approximate surface area is 178 Å². The molecule has 1 aliphatic heterocycles. The molecule has 5 rings (SSSR count). The number of hydrogen-bond donors (Lipinski definition) is 1. The number of nitrogens with one attached hydrogen (secondary N) is 1. The topological polar surface area (TPSA) is 97.8 Å². The van der Waals surface area contributed by atoms with Gasteiger partial charge in [0.25, 0.3) is 5.91 Å². The summed E-state index contributed by atoms with van der Waals surface area (Å²) in [5.74, 6) is 0.733. The van der Waals surface area contributed by atoms with Crippen molar-refractivity contribution in [1.29, 1.82) is 0 Å². The lowest BCUT2D eigenvalue weighted by Gasteiger charge is -2.28. The summed E-state index contributed by atoms with van der Waals surface area (Å²) in [6.07, 6.45) is 3.55. The number of carbonyl (C=O) groups is 1. The third-order valence-electron chi connectivity index (χ3n) is 5.37. The highest BCUT2D eigenvalue weighted by atomic mass is 16.5. The van der Waals surface area contributed by atoms with Crippen LogP contribution in [0.25, 0.3) is 17.0 Å². The number of imidazole rings is 1. The Balaban J connectivity index is 1.44. The summed E-state index contributed by atoms with van der Waals surface area (Å²) in [5.41, 5.74) is 4.60. The summed E-state index contributed by atoms with van der Waals surface area (Å²) in [6, 6.07) is 9.61. The van der Waals surface area contributed by atoms with Gasteiger partial charge in [0.2, 0.25) is 11.7 Å². The predicted octanol–water partition coefficient (Wildman–Crippen LogP) is 3.09. The zero-order chi connectivity index (χ0) is 21.4. The van der Waals surface area contributed by atoms with E-state index in [1.807, 2.05) is 47.9 Å². The number of carbonyl (C=O) groups excluding carboxylic acids is 1. The number of aryl methyl sites for hydroxylation is 2. The average molecular weight is 418 g/mol. The van der Waals surface area contributed by atoms with Crippen LogP contribution < -0.4 is 10.2 Å². The molecule has 9 nitrogen and oxygen atoms in total. The molecule has 158 valence electrons. The molecule has 1 N–H and O–H groups in total. The van der Waals surface area contributed by atoms with E-state index in [0.717, 1.165) is 35.6 Å². The van der Waals surface area contributed by atoms with Gasteiger partial charge in [-0.15, -0.1) is 0 Å². The van der Waals surface area contributed by atoms with E-state index in [2.05, 4.69) is 25.3 Å². The van der Waals surface area contributed by atoms with Crippen LogP contribution in [0.2, 0.25) is 0 Å². The van der Waals surface area contributed by atoms with Crippen LogP contribution in [0.4, 0.5) is 11.4 Å². The van der Waals surface area contributed by atoms with Crippen LogP contribution in [0.15, 0.2) is 47.2 Å². The summed E-state index contributed by atoms with van der Waals surface area (Å²) < 4.78 is 12.3. The first kappa shape index (κ1) is 19.3. The second-order valence-electron chi connectivity index (χ2n) is 7.48. The number of fused-ring (bicyclic) bond motifs is 1. The Kier molecular flexibility index (Phi) is 4.87. The summed E-state index contributed by atoms with van der Waals surface area (Å²) in [5, 5.41) is 6.96. The minimum absolute atomic E-state index is 0.240. The highest BCUT2D eigenvalue weighted by Gasteiger charge is 2.17. The lowest BCUT2D eigenvalue weighted by molar-refractivity contribution is 0.102. The molecular formula is C22H22N6O3. The Morgan fingerprint density at radius 2 is 1.97 bits per heavy atom. The van der Waals surface area contributed by atoms with E-state index in [4.69, 9.17) is 9.26 Å². The zero-order valence-corrected chi connectivity index (χ0v) is 17.3. The normalized spacial score (nSPS) is 14.2. The van der Waals surface area contributed by atoms with E-state index in [1.165, 1.54) is 0 Å². The maximum Gasteiger partial charge on any atom is 0.274 e. The van der Waals surface area contributed by atoms with Crippen LogP contribution in [0.3, 0.4) is 0 Å². The molecule has 0 saturated carbocycles. The zero-order valence-electron chi connectivity index (χ0n) is 17.3. The van der Waals surface area contributed by atoms with Gasteiger partial charge in [0.05, 0.1) is 25.1 Å². The van der Waals surface area contributed by atoms with Gasteiger partial charge in [-0.2, -0.15) is 4.98 Å². The Bertz CT molecular complexity index is 1260. The number of rotatable bonds is 4. The maximum absolute atomic E-state index is 13.1. The molecule has 1 aliphatic rings. The van der Waals surface area contributed by atoms with Crippen molar-refractivity contribution in [2.45, 2.75) is 13.8 Å². The molecule has 3 aromatic heterocycles. The van der Waals surface area contributed by atoms with Gasteiger partial charge in [-0.05, 0) is 30.7 Å². The fraction of sp³-hybridized carbons (Fsp3) is 0.273. The molecule has 1 amide bonds. The Hall–Kier alpha value is -3.72. The van der Waals surface area contributed by atoms with Crippen molar-refractivity contribution < 1.29 is 14.1 Å². The first-order chi connectivity index (χ1) is 15.1. The summed E-state index contributed by atoms with van der Waals surface area (Å²) in [6.45, 7) is 6.72. The standard InChI is InChI=1S/C22H22N6O3/c1-14-3-4-16(21-24-15(2)31-26-21)11-18(14)25-22(29)19-12-23-20-6-5-17(13-28(19)20)27-7-9-30-10-8-27/h3-6,11-13H,7-10H2,1-2H3,(H,25,29). The van der Waals surface area contributed by atoms with Crippen LogP contribution in [-0.4, -0.2) is 51.7 Å². The van der Waals surface area contributed by atoms with E-state index in [9.17, 15) is 4.79 Å². The minimum atomic E-state index is -0.240. The van der Waals surface area contributed by atoms with E-state index in [0.29, 0.717) is 36.3 Å². The lowest BCUT2D eigenvalue weighted by Crippen LogP contribution is -2.36. The molecule has 0 aliphatic carbocycles. The summed E-state index contributed by atoms with van der Waals surface area (Å²) in [4.78, 5) is 24.0. The van der Waals surface area contributed by atoms with E-state index in [1.54, 1.807) is 13.1 Å². The number of ether oxygens (including phenoxy) is 1. The lowest BCUT2D eigenvalue weighted by atomic mass is 10.1. The molecule has 1 saturated heterocycles. The van der Waals surface area contributed by atoms with Crippen molar-refractivity contribution >= 4 is 22.9 Å². The molecule has 31 heavy (non-hydrogen) atoms. The smallest absolute Gasteiger partial charge is 0.274 e. The van der Waals surface area contributed by atoms with Gasteiger partial charge in [0.1, 0.15) is 11.3 Å². The maximum atomic E-state index is 13.1. The number of anilines is 2. The summed E-state index contributed by atoms with van der Waals surface area (Å²) in [7, 11) is 0. The van der Waals surface area contributed by atoms with Crippen LogP contribution in [0, 0.1) is 13.8 Å². The van der Waals surface area contributed by atoms with Gasteiger partial charge in [-0.1, -0.05) is 17.3 Å². The number of hydrogen-bond acceptors (Lipinski definition) is 7. The van der Waals surface area contributed by atoms with Crippen molar-refractivity contribution in [3.05, 3.63) is 59.9 Å². The van der Waals surface area contributed by atoms with Crippen molar-refractivity contribution in [3.63, 3.8) is 0 Å². The minimum Gasteiger partial charge on any atom is -0.378 e. The van der Waals surface area contributed by atoms with Crippen LogP contribution in [0.5, 0.6) is 0 Å². The van der Waals surface area contributed by atoms with Crippen molar-refractivity contribution in [3.8, 4) is 11.4 Å². The molecule has 4 heterocycles.